The Bertz CT molecular complexity index is 2510. The number of halogens is 1. The number of carbonyl (C=O) groups excluding carboxylic acids is 1. The molecule has 8 N–H and O–H groups in total. The zero-order valence-electron chi connectivity index (χ0n) is 55.1. The van der Waals surface area contributed by atoms with E-state index in [0.29, 0.717) is 76.9 Å². The van der Waals surface area contributed by atoms with Crippen LogP contribution in [0.4, 0.5) is 0 Å². The number of alkyl halides is 1. The maximum absolute atomic E-state index is 13.4. The first-order valence-corrected chi connectivity index (χ1v) is 33.9. The number of hydrogen-bond donors (Lipinski definition) is 7. The van der Waals surface area contributed by atoms with E-state index < -0.39 is 71.9 Å². The maximum atomic E-state index is 13.4. The molecule has 85 heavy (non-hydrogen) atoms. The first-order valence-electron chi connectivity index (χ1n) is 30.4. The molecule has 0 bridgehead atoms. The summed E-state index contributed by atoms with van der Waals surface area (Å²) >= 11 is 5.69. The number of carboxylic acid groups (broad SMARTS) is 1. The second-order valence-corrected chi connectivity index (χ2v) is 25.1. The Morgan fingerprint density at radius 3 is 1.46 bits per heavy atom. The van der Waals surface area contributed by atoms with E-state index in [1.807, 2.05) is 22.2 Å². The van der Waals surface area contributed by atoms with Crippen LogP contribution in [0.1, 0.15) is 175 Å². The summed E-state index contributed by atoms with van der Waals surface area (Å²) in [6.45, 7) is 43.8. The summed E-state index contributed by atoms with van der Waals surface area (Å²) in [5.74, 6) is 6.59. The average Bonchev–Trinajstić information content (AvgIpc) is 3.50. The van der Waals surface area contributed by atoms with Gasteiger partial charge in [0.2, 0.25) is 0 Å². The van der Waals surface area contributed by atoms with Gasteiger partial charge in [-0.15, -0.1) is 0 Å². The zero-order valence-corrected chi connectivity index (χ0v) is 60.0. The fourth-order valence-corrected chi connectivity index (χ4v) is 11.3. The number of aliphatic hydroxyl groups is 1. The van der Waals surface area contributed by atoms with Gasteiger partial charge in [-0.3, -0.25) is 14.3 Å². The number of aromatic nitrogens is 4. The van der Waals surface area contributed by atoms with Gasteiger partial charge in [0.1, 0.15) is 18.9 Å². The van der Waals surface area contributed by atoms with Crippen LogP contribution in [0, 0.1) is 101 Å². The molecule has 0 saturated carbocycles. The Hall–Kier alpha value is -2.48. The second kappa shape index (κ2) is 41.7. The Kier molecular flexibility index (Phi) is 40.5. The van der Waals surface area contributed by atoms with E-state index in [-0.39, 0.29) is 51.5 Å². The normalized spacial score (nSPS) is 23.3. The van der Waals surface area contributed by atoms with Crippen molar-refractivity contribution >= 4 is 34.5 Å². The molecule has 492 valence electrons. The number of nitrogens with two attached hydrogens (primary N) is 1. The predicted octanol–water partition coefficient (Wildman–Crippen LogP) is 9.93. The number of H-pyrrole nitrogens is 2. The van der Waals surface area contributed by atoms with Crippen LogP contribution in [0.3, 0.4) is 0 Å². The Balaban J connectivity index is 0. The molecule has 2 aliphatic rings. The molecule has 21 nitrogen and oxygen atoms in total. The van der Waals surface area contributed by atoms with Crippen LogP contribution in [0.25, 0.3) is 0 Å². The van der Waals surface area contributed by atoms with E-state index in [2.05, 4.69) is 166 Å². The van der Waals surface area contributed by atoms with Crippen LogP contribution in [-0.2, 0) is 67.8 Å². The second-order valence-electron chi connectivity index (χ2n) is 24.9. The summed E-state index contributed by atoms with van der Waals surface area (Å²) in [6.07, 6.45) is 1.92. The van der Waals surface area contributed by atoms with Crippen molar-refractivity contribution in [1.82, 2.24) is 24.4 Å². The number of aromatic amines is 2. The molecule has 2 aromatic rings. The van der Waals surface area contributed by atoms with Crippen LogP contribution in [0.5, 0.6) is 0 Å². The summed E-state index contributed by atoms with van der Waals surface area (Å²) in [6, 6.07) is 0.315. The number of aryl methyl sites for hydroxylation is 2. The molecule has 0 spiro atoms. The van der Waals surface area contributed by atoms with Crippen molar-refractivity contribution in [2.24, 2.45) is 92.5 Å². The van der Waals surface area contributed by atoms with Crippen LogP contribution in [-0.4, -0.2) is 109 Å². The van der Waals surface area contributed by atoms with Gasteiger partial charge in [0.05, 0.1) is 12.7 Å². The van der Waals surface area contributed by atoms with E-state index >= 15 is 0 Å². The standard InChI is InChI=1S/C30H52N4O6.C18H39N.C12H16N2O7.CH3I.HN.2V.H2/c1-11-17(4)20(7)21(8)23(10)28(22(9)19(6)16(2)3)32-26(35)15-38-24-12-27(40-25(24)14-39-31)34-13-18(5)29(36)33-30(34)37;1-10-12(4)14(6)15(7)17(9)18(19)16(8)13(5)11(2)3;1-6-3-14(12(19)13-11(6)18)9-2-7(8(4-15)21-9)20-5-10(16)17;1-2;;;;/h13,16-17,19-25,27-28H,11-12,14-15H2,1-10H3,(H,32,35)(H,33,36,37);11-18H,10,19H2,1-9H3;3,7-9,15H,2,4-5H2,1H3,(H,16,17)(H,13,18,19);1H3;1H;;;1H/i;;;;;;;1+2. The number of nitrogens with zero attached hydrogens (tertiary/aromatic N) is 3. The SMILES string of the molecule is CCC(C)C(C)C(C)C(C)C(N)C(C)C(C)C(C)C.CCC(C)C(C)C(C)C(C)C(NC(=O)COC1CC(n2cc(C)c(=O)[nH]c2=O)OC1CO[N]=[V])C(C)C(C)C(C)C.CI.Cc1cn(C2CC(OCC(=O)O)C(CO)O2)c(=O)[nH]c1=O.[3HH].[NH]=[V]. The van der Waals surface area contributed by atoms with Crippen molar-refractivity contribution < 1.29 is 79.5 Å². The topological polar surface area (TPSA) is 305 Å². The third-order valence-corrected chi connectivity index (χ3v) is 19.6. The Morgan fingerprint density at radius 2 is 1.06 bits per heavy atom. The molecule has 20 unspecified atom stereocenters. The van der Waals surface area contributed by atoms with Crippen molar-refractivity contribution in [3.63, 3.8) is 0 Å². The number of aliphatic hydroxyl groups excluding tert-OH is 1. The summed E-state index contributed by atoms with van der Waals surface area (Å²) < 4.78 is 34.7. The molecule has 0 aromatic carbocycles. The van der Waals surface area contributed by atoms with Gasteiger partial charge in [-0.2, -0.15) is 0 Å². The van der Waals surface area contributed by atoms with Crippen molar-refractivity contribution in [1.29, 1.82) is 4.21 Å². The van der Waals surface area contributed by atoms with E-state index in [4.69, 9.17) is 38.8 Å². The van der Waals surface area contributed by atoms with Crippen molar-refractivity contribution in [3.8, 4) is 0 Å². The molecule has 20 atom stereocenters. The first-order chi connectivity index (χ1) is 39.8. The quantitative estimate of drug-likeness (QED) is 0.0227. The number of amides is 1. The van der Waals surface area contributed by atoms with E-state index in [9.17, 15) is 33.9 Å². The average molecular weight is 1400 g/mol. The van der Waals surface area contributed by atoms with E-state index in [1.54, 1.807) is 31.1 Å². The van der Waals surface area contributed by atoms with Gasteiger partial charge < -0.3 is 25.4 Å². The van der Waals surface area contributed by atoms with Crippen LogP contribution >= 0.6 is 22.6 Å². The molecule has 2 aromatic heterocycles. The zero-order chi connectivity index (χ0) is 65.9. The van der Waals surface area contributed by atoms with Crippen LogP contribution in [0.15, 0.2) is 35.5 Å². The van der Waals surface area contributed by atoms with E-state index in [1.165, 1.54) is 27.9 Å². The van der Waals surface area contributed by atoms with Gasteiger partial charge in [-0.05, 0) is 71.0 Å². The Labute approximate surface area is 541 Å². The van der Waals surface area contributed by atoms with Gasteiger partial charge in [0.25, 0.3) is 5.56 Å². The molecule has 2 fully saturated rings. The number of carbonyl (C=O) groups is 2. The third-order valence-electron chi connectivity index (χ3n) is 19.4. The fourth-order valence-electron chi connectivity index (χ4n) is 11.2. The minimum atomic E-state index is -1.13. The van der Waals surface area contributed by atoms with Gasteiger partial charge >= 0.3 is 215 Å². The van der Waals surface area contributed by atoms with Gasteiger partial charge in [-0.1, -0.05) is 146 Å². The molecular weight excluding hydrogens is 1280 g/mol. The predicted molar refractivity (Wildman–Crippen MR) is 337 cm³/mol. The Morgan fingerprint density at radius 1 is 0.682 bits per heavy atom. The molecule has 2 saturated heterocycles. The first kappa shape index (κ1) is 82.5. The van der Waals surface area contributed by atoms with Crippen molar-refractivity contribution in [2.45, 2.75) is 213 Å². The molecule has 4 rings (SSSR count). The number of rotatable bonds is 29. The summed E-state index contributed by atoms with van der Waals surface area (Å²) in [7, 11) is 0. The molecule has 24 heteroatoms. The molecule has 0 aliphatic carbocycles. The molecule has 2 aliphatic heterocycles. The minimum absolute atomic E-state index is 0. The van der Waals surface area contributed by atoms with Gasteiger partial charge in [0.15, 0.2) is 0 Å². The number of carboxylic acids is 1. The van der Waals surface area contributed by atoms with Gasteiger partial charge in [0, 0.05) is 25.6 Å². The molecule has 4 heterocycles. The van der Waals surface area contributed by atoms with Crippen LogP contribution in [0.2, 0.25) is 0 Å². The molecule has 1 amide bonds. The van der Waals surface area contributed by atoms with E-state index in [0.717, 1.165) is 24.2 Å². The molecule has 0 radical (unpaired) electrons. The number of hydrogen-bond acceptors (Lipinski definition) is 15. The number of ether oxygens (including phenoxy) is 4. The van der Waals surface area contributed by atoms with Crippen molar-refractivity contribution in [2.75, 3.05) is 31.4 Å². The summed E-state index contributed by atoms with van der Waals surface area (Å²) in [4.78, 5) is 82.9. The van der Waals surface area contributed by atoms with Gasteiger partial charge in [-0.25, -0.2) is 9.59 Å². The van der Waals surface area contributed by atoms with Crippen LogP contribution < -0.4 is 33.5 Å². The fraction of sp³-hybridized carbons (Fsp3) is 0.836. The number of nitrogens with one attached hydrogen (secondary N) is 4. The number of aliphatic carboxylic acids is 1. The van der Waals surface area contributed by atoms with Crippen molar-refractivity contribution in [3.05, 3.63) is 65.2 Å². The monoisotopic (exact) mass is 1400 g/mol. The summed E-state index contributed by atoms with van der Waals surface area (Å²) in [5, 5.41) is 21.2. The summed E-state index contributed by atoms with van der Waals surface area (Å²) in [5.41, 5.74) is 5.20. The third kappa shape index (κ3) is 25.7. The molecular formula is C61H113IN8O13V2.